The van der Waals surface area contributed by atoms with E-state index in [1.165, 1.54) is 36.6 Å². The van der Waals surface area contributed by atoms with E-state index < -0.39 is 23.8 Å². The summed E-state index contributed by atoms with van der Waals surface area (Å²) in [6.45, 7) is 2.81. The van der Waals surface area contributed by atoms with Crippen molar-refractivity contribution in [1.29, 1.82) is 0 Å². The van der Waals surface area contributed by atoms with Crippen LogP contribution in [0.2, 0.25) is 5.02 Å². The number of hydrogen-bond acceptors (Lipinski definition) is 9. The first-order chi connectivity index (χ1) is 15.8. The lowest BCUT2D eigenvalue weighted by atomic mass is 9.95. The van der Waals surface area contributed by atoms with Crippen LogP contribution in [0.25, 0.3) is 0 Å². The van der Waals surface area contributed by atoms with Crippen LogP contribution >= 0.6 is 22.9 Å². The van der Waals surface area contributed by atoms with Gasteiger partial charge in [0.1, 0.15) is 11.9 Å². The van der Waals surface area contributed by atoms with Crippen molar-refractivity contribution in [1.82, 2.24) is 10.3 Å². The van der Waals surface area contributed by atoms with Crippen molar-refractivity contribution in [3.05, 3.63) is 62.5 Å². The van der Waals surface area contributed by atoms with E-state index in [-0.39, 0.29) is 23.6 Å². The number of thiazole rings is 1. The first-order valence-corrected chi connectivity index (χ1v) is 11.1. The number of aliphatic carboxylic acids is 1. The average molecular weight is 499 g/mol. The Bertz CT molecular complexity index is 1030. The number of ether oxygens (including phenoxy) is 2. The highest BCUT2D eigenvalue weighted by Gasteiger charge is 2.33. The zero-order chi connectivity index (χ0) is 24.4. The summed E-state index contributed by atoms with van der Waals surface area (Å²) in [4.78, 5) is 30.9. The predicted molar refractivity (Wildman–Crippen MR) is 123 cm³/mol. The van der Waals surface area contributed by atoms with Gasteiger partial charge in [0.05, 0.1) is 25.7 Å². The Balaban J connectivity index is 0.000000414. The number of methoxy groups -OCH3 is 1. The van der Waals surface area contributed by atoms with Crippen molar-refractivity contribution in [3.8, 4) is 0 Å². The maximum Gasteiger partial charge on any atom is 0.338 e. The number of nitrogens with one attached hydrogen (secondary N) is 1. The van der Waals surface area contributed by atoms with Gasteiger partial charge in [0.2, 0.25) is 0 Å². The molecule has 1 aromatic carbocycles. The lowest BCUT2D eigenvalue weighted by Crippen LogP contribution is -2.36. The highest BCUT2D eigenvalue weighted by Crippen LogP contribution is 2.36. The number of carbonyl (C=O) groups excluding carboxylic acids is 1. The third kappa shape index (κ3) is 7.32. The van der Waals surface area contributed by atoms with E-state index in [9.17, 15) is 14.0 Å². The molecule has 2 heterocycles. The Kier molecular flexibility index (Phi) is 10.4. The van der Waals surface area contributed by atoms with Gasteiger partial charge in [-0.25, -0.2) is 14.2 Å². The molecule has 0 fully saturated rings. The van der Waals surface area contributed by atoms with Crippen molar-refractivity contribution < 1.29 is 28.6 Å². The summed E-state index contributed by atoms with van der Waals surface area (Å²) in [6, 6.07) is 3.15. The Labute approximate surface area is 199 Å². The van der Waals surface area contributed by atoms with E-state index in [1.54, 1.807) is 11.6 Å². The number of nitrogens with two attached hydrogens (primary N) is 1. The summed E-state index contributed by atoms with van der Waals surface area (Å²) in [6.07, 6.45) is 1.75. The molecule has 0 unspecified atom stereocenters. The second-order valence-electron chi connectivity index (χ2n) is 6.44. The average Bonchev–Trinajstić information content (AvgIpc) is 3.33. The van der Waals surface area contributed by atoms with Crippen LogP contribution in [0, 0.1) is 5.82 Å². The fourth-order valence-electron chi connectivity index (χ4n) is 2.81. The molecule has 33 heavy (non-hydrogen) atoms. The molecule has 4 N–H and O–H groups in total. The molecule has 0 bridgehead atoms. The number of carbonyl (C=O) groups is 2. The van der Waals surface area contributed by atoms with Gasteiger partial charge in [0, 0.05) is 41.0 Å². The zero-order valence-electron chi connectivity index (χ0n) is 18.0. The van der Waals surface area contributed by atoms with Crippen molar-refractivity contribution in [2.45, 2.75) is 19.4 Å². The molecule has 12 heteroatoms. The maximum absolute atomic E-state index is 13.4. The van der Waals surface area contributed by atoms with E-state index in [2.05, 4.69) is 15.3 Å². The van der Waals surface area contributed by atoms with Crippen LogP contribution < -0.4 is 11.1 Å². The molecule has 3 rings (SSSR count). The fraction of sp³-hybridized carbons (Fsp3) is 0.333. The summed E-state index contributed by atoms with van der Waals surface area (Å²) >= 11 is 7.58. The van der Waals surface area contributed by atoms with Crippen molar-refractivity contribution in [3.63, 3.8) is 0 Å². The first-order valence-electron chi connectivity index (χ1n) is 9.82. The summed E-state index contributed by atoms with van der Waals surface area (Å²) in [5.41, 5.74) is 6.98. The standard InChI is InChI=1S/C16H14ClFN4O2S.C5H10O3/c1-24-16(23)12-11(7-19)21-14(15-20-4-5-25-15)22-13(12)9-3-2-8(18)6-10(9)17;1-2-8-4-3-5(6)7/h2-6,13H,7,19H2,1H3,(H,21,22);2-4H2,1H3,(H,6,7)/t13-;/m0./s1. The quantitative estimate of drug-likeness (QED) is 0.373. The SMILES string of the molecule is CCOCCC(=O)O.COC(=O)C1=C(CN)NC(c2nccs2)=N[C@H]1c1ccc(F)cc1Cl. The van der Waals surface area contributed by atoms with Crippen LogP contribution in [0.3, 0.4) is 0 Å². The van der Waals surface area contributed by atoms with E-state index in [4.69, 9.17) is 31.9 Å². The molecule has 1 aromatic heterocycles. The predicted octanol–water partition coefficient (Wildman–Crippen LogP) is 2.91. The number of halogens is 2. The Morgan fingerprint density at radius 1 is 1.39 bits per heavy atom. The molecule has 0 saturated heterocycles. The van der Waals surface area contributed by atoms with Gasteiger partial charge in [-0.15, -0.1) is 11.3 Å². The molecule has 0 amide bonds. The van der Waals surface area contributed by atoms with E-state index in [0.717, 1.165) is 0 Å². The number of nitrogens with zero attached hydrogens (tertiary/aromatic N) is 2. The number of carboxylic acids is 1. The Morgan fingerprint density at radius 3 is 2.70 bits per heavy atom. The maximum atomic E-state index is 13.4. The second-order valence-corrected chi connectivity index (χ2v) is 7.74. The fourth-order valence-corrected chi connectivity index (χ4v) is 3.67. The lowest BCUT2D eigenvalue weighted by Gasteiger charge is -2.26. The monoisotopic (exact) mass is 498 g/mol. The molecular weight excluding hydrogens is 475 g/mol. The van der Waals surface area contributed by atoms with E-state index in [0.29, 0.717) is 35.3 Å². The minimum atomic E-state index is -0.807. The Morgan fingerprint density at radius 2 is 2.15 bits per heavy atom. The van der Waals surface area contributed by atoms with Gasteiger partial charge in [-0.3, -0.25) is 9.79 Å². The molecule has 1 atom stereocenters. The number of esters is 1. The molecule has 0 saturated carbocycles. The second kappa shape index (κ2) is 13.0. The number of benzene rings is 1. The third-order valence-electron chi connectivity index (χ3n) is 4.29. The lowest BCUT2D eigenvalue weighted by molar-refractivity contribution is -0.138. The van der Waals surface area contributed by atoms with E-state index >= 15 is 0 Å². The van der Waals surface area contributed by atoms with Gasteiger partial charge in [0.25, 0.3) is 0 Å². The molecule has 0 aliphatic carbocycles. The summed E-state index contributed by atoms with van der Waals surface area (Å²) in [5.74, 6) is -1.40. The minimum absolute atomic E-state index is 0.0597. The van der Waals surface area contributed by atoms with Crippen molar-refractivity contribution in [2.75, 3.05) is 26.9 Å². The number of rotatable bonds is 8. The number of aliphatic imine (C=N–C) groups is 1. The largest absolute Gasteiger partial charge is 0.481 e. The molecule has 0 spiro atoms. The summed E-state index contributed by atoms with van der Waals surface area (Å²) in [7, 11) is 1.27. The molecule has 9 nitrogen and oxygen atoms in total. The number of hydrogen-bond donors (Lipinski definition) is 3. The van der Waals surface area contributed by atoms with E-state index in [1.807, 2.05) is 6.92 Å². The summed E-state index contributed by atoms with van der Waals surface area (Å²) < 4.78 is 23.0. The van der Waals surface area contributed by atoms with Crippen LogP contribution in [0.15, 0.2) is 46.0 Å². The van der Waals surface area contributed by atoms with Gasteiger partial charge in [-0.2, -0.15) is 0 Å². The molecule has 0 radical (unpaired) electrons. The van der Waals surface area contributed by atoms with Gasteiger partial charge < -0.3 is 25.6 Å². The molecular formula is C21H24ClFN4O5S. The highest BCUT2D eigenvalue weighted by molar-refractivity contribution is 7.11. The van der Waals surface area contributed by atoms with Crippen LogP contribution in [-0.2, 0) is 19.1 Å². The molecule has 1 aliphatic heterocycles. The van der Waals surface area contributed by atoms with Gasteiger partial charge in [0.15, 0.2) is 10.8 Å². The van der Waals surface area contributed by atoms with Crippen LogP contribution in [0.5, 0.6) is 0 Å². The van der Waals surface area contributed by atoms with Gasteiger partial charge in [-0.1, -0.05) is 17.7 Å². The van der Waals surface area contributed by atoms with Crippen LogP contribution in [-0.4, -0.2) is 54.7 Å². The molecule has 2 aromatic rings. The minimum Gasteiger partial charge on any atom is -0.481 e. The normalized spacial score (nSPS) is 15.2. The molecule has 178 valence electrons. The highest BCUT2D eigenvalue weighted by atomic mass is 35.5. The van der Waals surface area contributed by atoms with Crippen molar-refractivity contribution >= 4 is 40.7 Å². The molecule has 1 aliphatic rings. The number of amidine groups is 1. The zero-order valence-corrected chi connectivity index (χ0v) is 19.6. The van der Waals surface area contributed by atoms with Crippen LogP contribution in [0.4, 0.5) is 4.39 Å². The first kappa shape index (κ1) is 26.4. The van der Waals surface area contributed by atoms with Crippen molar-refractivity contribution in [2.24, 2.45) is 10.7 Å². The van der Waals surface area contributed by atoms with Gasteiger partial charge in [-0.05, 0) is 19.1 Å². The van der Waals surface area contributed by atoms with Gasteiger partial charge >= 0.3 is 11.9 Å². The summed E-state index contributed by atoms with van der Waals surface area (Å²) in [5, 5.41) is 13.7. The smallest absolute Gasteiger partial charge is 0.338 e. The number of carboxylic acid groups (broad SMARTS) is 1. The topological polar surface area (TPSA) is 136 Å². The van der Waals surface area contributed by atoms with Crippen LogP contribution in [0.1, 0.15) is 30.0 Å². The number of aromatic nitrogens is 1. The third-order valence-corrected chi connectivity index (χ3v) is 5.40. The Hall–Kier alpha value is -2.86.